The third kappa shape index (κ3) is 4.12. The predicted octanol–water partition coefficient (Wildman–Crippen LogP) is 5.29. The zero-order valence-corrected chi connectivity index (χ0v) is 18.1. The van der Waals surface area contributed by atoms with Crippen molar-refractivity contribution in [3.05, 3.63) is 35.5 Å². The van der Waals surface area contributed by atoms with Crippen molar-refractivity contribution in [1.29, 1.82) is 0 Å². The molecule has 1 aliphatic rings. The molecule has 4 heteroatoms. The maximum atomic E-state index is 12.6. The number of benzene rings is 1. The van der Waals surface area contributed by atoms with Gasteiger partial charge in [-0.1, -0.05) is 51.8 Å². The summed E-state index contributed by atoms with van der Waals surface area (Å²) in [7, 11) is 0. The Kier molecular flexibility index (Phi) is 7.17. The Balaban J connectivity index is 2.04. The van der Waals surface area contributed by atoms with Gasteiger partial charge in [0.25, 0.3) is 0 Å². The summed E-state index contributed by atoms with van der Waals surface area (Å²) >= 11 is 0. The van der Waals surface area contributed by atoms with Crippen LogP contribution < -0.4 is 0 Å². The maximum absolute atomic E-state index is 12.6. The Hall–Kier alpha value is -1.81. The lowest BCUT2D eigenvalue weighted by Gasteiger charge is -2.44. The van der Waals surface area contributed by atoms with E-state index in [1.807, 2.05) is 0 Å². The van der Waals surface area contributed by atoms with Gasteiger partial charge in [-0.25, -0.2) is 0 Å². The van der Waals surface area contributed by atoms with Gasteiger partial charge in [-0.2, -0.15) is 0 Å². The number of carbonyl (C=O) groups is 1. The number of unbranched alkanes of at least 4 members (excludes halogenated alkanes) is 2. The normalized spacial score (nSPS) is 17.9. The third-order valence-electron chi connectivity index (χ3n) is 6.33. The Labute approximate surface area is 170 Å². The predicted molar refractivity (Wildman–Crippen MR) is 118 cm³/mol. The molecule has 2 unspecified atom stereocenters. The van der Waals surface area contributed by atoms with Crippen LogP contribution in [0.15, 0.2) is 24.3 Å². The summed E-state index contributed by atoms with van der Waals surface area (Å²) in [6.07, 6.45) is 6.83. The molecule has 1 aromatic carbocycles. The minimum atomic E-state index is 0.118. The molecule has 0 radical (unpaired) electrons. The maximum Gasteiger partial charge on any atom is 0.220 e. The summed E-state index contributed by atoms with van der Waals surface area (Å²) in [5.41, 5.74) is 3.89. The van der Waals surface area contributed by atoms with Crippen LogP contribution in [0, 0.1) is 0 Å². The fourth-order valence-electron chi connectivity index (χ4n) is 4.87. The summed E-state index contributed by atoms with van der Waals surface area (Å²) in [5, 5.41) is 1.33. The van der Waals surface area contributed by atoms with Gasteiger partial charge in [0.1, 0.15) is 0 Å². The van der Waals surface area contributed by atoms with Gasteiger partial charge >= 0.3 is 0 Å². The quantitative estimate of drug-likeness (QED) is 0.639. The summed E-state index contributed by atoms with van der Waals surface area (Å²) < 4.78 is 0. The second-order valence-electron chi connectivity index (χ2n) is 8.19. The highest BCUT2D eigenvalue weighted by Gasteiger charge is 2.38. The summed E-state index contributed by atoms with van der Waals surface area (Å²) in [4.78, 5) is 21.1. The highest BCUT2D eigenvalue weighted by Crippen LogP contribution is 2.39. The van der Waals surface area contributed by atoms with Crippen LogP contribution in [0.5, 0.6) is 0 Å². The molecule has 2 aromatic rings. The first-order valence-electron chi connectivity index (χ1n) is 11.2. The van der Waals surface area contributed by atoms with E-state index in [9.17, 15) is 4.79 Å². The first kappa shape index (κ1) is 20.9. The van der Waals surface area contributed by atoms with E-state index in [1.54, 1.807) is 6.92 Å². The molecule has 1 N–H and O–H groups in total. The van der Waals surface area contributed by atoms with E-state index in [0.29, 0.717) is 6.04 Å². The smallest absolute Gasteiger partial charge is 0.220 e. The standard InChI is InChI=1S/C24H37N3O/c1-5-8-15-26(16-9-6-2)22(7-3)24-23-20(14-17-27(24)18(4)28)19-12-10-11-13-21(19)25-23/h10-13,22,24-25H,5-9,14-17H2,1-4H3. The second-order valence-corrected chi connectivity index (χ2v) is 8.19. The third-order valence-corrected chi connectivity index (χ3v) is 6.33. The second kappa shape index (κ2) is 9.60. The van der Waals surface area contributed by atoms with Crippen LogP contribution in [0.3, 0.4) is 0 Å². The molecule has 28 heavy (non-hydrogen) atoms. The topological polar surface area (TPSA) is 39.3 Å². The number of H-pyrrole nitrogens is 1. The van der Waals surface area contributed by atoms with Crippen molar-refractivity contribution in [3.8, 4) is 0 Å². The first-order valence-corrected chi connectivity index (χ1v) is 11.2. The van der Waals surface area contributed by atoms with E-state index in [0.717, 1.165) is 32.5 Å². The first-order chi connectivity index (χ1) is 13.6. The number of rotatable bonds is 9. The molecule has 0 bridgehead atoms. The average molecular weight is 384 g/mol. The SMILES string of the molecule is CCCCN(CCCC)C(CC)C1c2[nH]c3ccccc3c2CCN1C(C)=O. The largest absolute Gasteiger partial charge is 0.356 e. The molecule has 4 nitrogen and oxygen atoms in total. The minimum absolute atomic E-state index is 0.118. The fourth-order valence-corrected chi connectivity index (χ4v) is 4.87. The number of hydrogen-bond acceptors (Lipinski definition) is 2. The van der Waals surface area contributed by atoms with E-state index in [4.69, 9.17) is 0 Å². The van der Waals surface area contributed by atoms with Gasteiger partial charge in [0, 0.05) is 36.1 Å². The molecule has 0 saturated carbocycles. The van der Waals surface area contributed by atoms with E-state index >= 15 is 0 Å². The van der Waals surface area contributed by atoms with Crippen molar-refractivity contribution >= 4 is 16.8 Å². The molecule has 1 aliphatic heterocycles. The number of fused-ring (bicyclic) bond motifs is 3. The molecule has 0 spiro atoms. The lowest BCUT2D eigenvalue weighted by atomic mass is 9.90. The molecule has 0 fully saturated rings. The number of nitrogens with one attached hydrogen (secondary N) is 1. The van der Waals surface area contributed by atoms with Gasteiger partial charge < -0.3 is 9.88 Å². The number of hydrogen-bond donors (Lipinski definition) is 1. The van der Waals surface area contributed by atoms with Crippen molar-refractivity contribution in [2.45, 2.75) is 78.3 Å². The van der Waals surface area contributed by atoms with Gasteiger partial charge in [0.05, 0.1) is 6.04 Å². The Bertz CT molecular complexity index is 773. The van der Waals surface area contributed by atoms with Crippen LogP contribution in [0.1, 0.15) is 77.1 Å². The minimum Gasteiger partial charge on any atom is -0.356 e. The number of amides is 1. The summed E-state index contributed by atoms with van der Waals surface area (Å²) in [6.45, 7) is 11.6. The van der Waals surface area contributed by atoms with Crippen LogP contribution in [0.2, 0.25) is 0 Å². The monoisotopic (exact) mass is 383 g/mol. The number of aromatic amines is 1. The average Bonchev–Trinajstić information content (AvgIpc) is 3.08. The Morgan fingerprint density at radius 1 is 1.18 bits per heavy atom. The number of nitrogens with zero attached hydrogens (tertiary/aromatic N) is 2. The molecule has 154 valence electrons. The van der Waals surface area contributed by atoms with Gasteiger partial charge in [-0.05, 0) is 50.4 Å². The number of aromatic nitrogens is 1. The van der Waals surface area contributed by atoms with Crippen molar-refractivity contribution in [2.75, 3.05) is 19.6 Å². The van der Waals surface area contributed by atoms with Crippen LogP contribution in [0.25, 0.3) is 10.9 Å². The summed E-state index contributed by atoms with van der Waals surface area (Å²) in [5.74, 6) is 0.193. The zero-order chi connectivity index (χ0) is 20.1. The van der Waals surface area contributed by atoms with Gasteiger partial charge in [-0.3, -0.25) is 9.69 Å². The number of para-hydroxylation sites is 1. The van der Waals surface area contributed by atoms with Gasteiger partial charge in [-0.15, -0.1) is 0 Å². The lowest BCUT2D eigenvalue weighted by Crippen LogP contribution is -2.50. The molecule has 3 rings (SSSR count). The van der Waals surface area contributed by atoms with Gasteiger partial charge in [0.15, 0.2) is 0 Å². The van der Waals surface area contributed by atoms with Gasteiger partial charge in [0.2, 0.25) is 5.91 Å². The lowest BCUT2D eigenvalue weighted by molar-refractivity contribution is -0.133. The molecule has 1 amide bonds. The van der Waals surface area contributed by atoms with Crippen molar-refractivity contribution < 1.29 is 4.79 Å². The fraction of sp³-hybridized carbons (Fsp3) is 0.625. The molecular weight excluding hydrogens is 346 g/mol. The van der Waals surface area contributed by atoms with Crippen molar-refractivity contribution in [2.24, 2.45) is 0 Å². The molecule has 2 heterocycles. The van der Waals surface area contributed by atoms with Crippen LogP contribution >= 0.6 is 0 Å². The molecule has 0 aliphatic carbocycles. The molecular formula is C24H37N3O. The molecule has 1 aromatic heterocycles. The van der Waals surface area contributed by atoms with Crippen LogP contribution in [0.4, 0.5) is 0 Å². The number of carbonyl (C=O) groups excluding carboxylic acids is 1. The van der Waals surface area contributed by atoms with E-state index in [-0.39, 0.29) is 11.9 Å². The Morgan fingerprint density at radius 2 is 1.86 bits per heavy atom. The molecule has 2 atom stereocenters. The van der Waals surface area contributed by atoms with E-state index in [1.165, 1.54) is 47.8 Å². The van der Waals surface area contributed by atoms with Crippen molar-refractivity contribution in [1.82, 2.24) is 14.8 Å². The zero-order valence-electron chi connectivity index (χ0n) is 18.1. The van der Waals surface area contributed by atoms with Crippen LogP contribution in [-0.4, -0.2) is 46.4 Å². The van der Waals surface area contributed by atoms with E-state index < -0.39 is 0 Å². The highest BCUT2D eigenvalue weighted by atomic mass is 16.2. The Morgan fingerprint density at radius 3 is 2.46 bits per heavy atom. The van der Waals surface area contributed by atoms with E-state index in [2.05, 4.69) is 59.8 Å². The highest BCUT2D eigenvalue weighted by molar-refractivity contribution is 5.86. The van der Waals surface area contributed by atoms with Crippen molar-refractivity contribution in [3.63, 3.8) is 0 Å². The van der Waals surface area contributed by atoms with Crippen LogP contribution in [-0.2, 0) is 11.2 Å². The molecule has 0 saturated heterocycles. The summed E-state index contributed by atoms with van der Waals surface area (Å²) in [6, 6.07) is 9.07.